The Bertz CT molecular complexity index is 1080. The molecule has 1 saturated carbocycles. The molecule has 15 heteroatoms. The van der Waals surface area contributed by atoms with Gasteiger partial charge in [0.1, 0.15) is 0 Å². The Kier molecular flexibility index (Phi) is 68.7. The topological polar surface area (TPSA) is 163 Å². The third-order valence-corrected chi connectivity index (χ3v) is 14.6. The van der Waals surface area contributed by atoms with Crippen LogP contribution in [0.3, 0.4) is 0 Å². The maximum atomic E-state index is 12.2. The summed E-state index contributed by atoms with van der Waals surface area (Å²) in [5.74, 6) is 3.83. The molecule has 0 aromatic rings. The van der Waals surface area contributed by atoms with Crippen LogP contribution in [0.4, 0.5) is 4.79 Å². The van der Waals surface area contributed by atoms with E-state index in [1.165, 1.54) is 173 Å². The first-order valence-corrected chi connectivity index (χ1v) is 30.8. The molecule has 0 saturated heterocycles. The minimum absolute atomic E-state index is 0. The van der Waals surface area contributed by atoms with Gasteiger partial charge in [-0.1, -0.05) is 175 Å². The van der Waals surface area contributed by atoms with Crippen molar-refractivity contribution in [3.8, 4) is 0 Å². The number of nitrogens with zero attached hydrogens (tertiary/aromatic N) is 2. The SMILES string of the molecule is CCCCCCC1CCC(CCCCCCCCNC(=O)[N-]CCCOCCOCCOCCCNC)C(CCCCCCCCCCNC[N-]CCCOCCOCCOCCCN)C1CCCCCC.[K+].[Y]. The smallest absolute Gasteiger partial charge is 0.650 e. The standard InChI is InChI=1S/C59H121N6O7.K.Y/c1-4-6-8-20-30-55-34-35-56(31-21-16-13-15-19-25-40-64-59(66)65-41-29-45-70-49-53-72-51-47-68-43-27-37-61-3)58(57(55)32-22-9-7-5-2)33-23-17-12-10-11-14-18-24-38-62-54-63-39-28-44-69-48-52-71-50-46-67-42-26-36-60;;/h55-58,61-62H,4-54,60H2,1-3H3,(H2,64,65,66);;/q-1;+1;/p-1. The van der Waals surface area contributed by atoms with E-state index in [4.69, 9.17) is 34.2 Å². The van der Waals surface area contributed by atoms with Crippen molar-refractivity contribution in [3.63, 3.8) is 0 Å². The first kappa shape index (κ1) is 77.7. The minimum Gasteiger partial charge on any atom is -0.650 e. The van der Waals surface area contributed by atoms with Crippen LogP contribution in [0.5, 0.6) is 0 Å². The Labute approximate surface area is 525 Å². The zero-order valence-corrected chi connectivity index (χ0v) is 55.2. The minimum atomic E-state index is -0.189. The second-order valence-electron chi connectivity index (χ2n) is 20.9. The summed E-state index contributed by atoms with van der Waals surface area (Å²) in [5.41, 5.74) is 5.46. The van der Waals surface area contributed by atoms with Gasteiger partial charge in [-0.3, -0.25) is 4.79 Å². The third-order valence-electron chi connectivity index (χ3n) is 14.6. The number of amides is 2. The van der Waals surface area contributed by atoms with Crippen molar-refractivity contribution in [2.45, 2.75) is 219 Å². The van der Waals surface area contributed by atoms with Gasteiger partial charge >= 0.3 is 51.4 Å². The number of urea groups is 1. The molecule has 433 valence electrons. The average Bonchev–Trinajstić information content (AvgIpc) is 3.39. The second-order valence-corrected chi connectivity index (χ2v) is 20.9. The van der Waals surface area contributed by atoms with Gasteiger partial charge in [0.05, 0.1) is 52.9 Å². The fourth-order valence-corrected chi connectivity index (χ4v) is 10.5. The Hall–Kier alpha value is 1.61. The molecule has 4 atom stereocenters. The van der Waals surface area contributed by atoms with E-state index in [1.807, 2.05) is 7.05 Å². The summed E-state index contributed by atoms with van der Waals surface area (Å²) >= 11 is 0. The summed E-state index contributed by atoms with van der Waals surface area (Å²) in [6.07, 6.45) is 42.3. The van der Waals surface area contributed by atoms with Crippen LogP contribution in [0.1, 0.15) is 219 Å². The van der Waals surface area contributed by atoms with E-state index in [0.717, 1.165) is 102 Å². The van der Waals surface area contributed by atoms with Crippen LogP contribution in [0, 0.1) is 23.7 Å². The molecule has 1 aliphatic rings. The molecule has 1 fully saturated rings. The molecular formula is C59H120KN6O7Y-. The zero-order chi connectivity index (χ0) is 51.7. The fourth-order valence-electron chi connectivity index (χ4n) is 10.5. The van der Waals surface area contributed by atoms with Crippen molar-refractivity contribution in [2.24, 2.45) is 29.4 Å². The molecule has 5 N–H and O–H groups in total. The molecule has 0 aromatic carbocycles. The second kappa shape index (κ2) is 65.4. The van der Waals surface area contributed by atoms with Gasteiger partial charge in [-0.15, -0.1) is 6.54 Å². The van der Waals surface area contributed by atoms with Crippen molar-refractivity contribution in [1.82, 2.24) is 16.0 Å². The number of rotatable bonds is 59. The number of unbranched alkanes of at least 4 members (excludes halogenated alkanes) is 18. The molecule has 0 heterocycles. The molecule has 2 amide bonds. The van der Waals surface area contributed by atoms with Crippen molar-refractivity contribution in [3.05, 3.63) is 10.6 Å². The number of nitrogens with one attached hydrogen (secondary N) is 3. The van der Waals surface area contributed by atoms with Gasteiger partial charge in [0.2, 0.25) is 0 Å². The number of carbonyl (C=O) groups excluding carboxylic acids is 1. The Morgan fingerprint density at radius 2 is 0.851 bits per heavy atom. The number of hydrogen-bond acceptors (Lipinski definition) is 10. The van der Waals surface area contributed by atoms with Crippen molar-refractivity contribution in [1.29, 1.82) is 0 Å². The predicted molar refractivity (Wildman–Crippen MR) is 304 cm³/mol. The van der Waals surface area contributed by atoms with E-state index in [1.54, 1.807) is 0 Å². The quantitative estimate of drug-likeness (QED) is 0.0341. The number of carbonyl (C=O) groups is 1. The Balaban J connectivity index is 0. The molecule has 1 radical (unpaired) electrons. The van der Waals surface area contributed by atoms with Gasteiger partial charge in [-0.05, 0) is 115 Å². The van der Waals surface area contributed by atoms with Crippen LogP contribution in [-0.4, -0.2) is 138 Å². The third kappa shape index (κ3) is 53.0. The van der Waals surface area contributed by atoms with E-state index < -0.39 is 0 Å². The summed E-state index contributed by atoms with van der Waals surface area (Å²) in [5, 5.41) is 18.4. The molecule has 1 aliphatic carbocycles. The molecule has 0 aliphatic heterocycles. The summed E-state index contributed by atoms with van der Waals surface area (Å²) in [4.78, 5) is 12.2. The molecule has 0 aromatic heterocycles. The zero-order valence-electron chi connectivity index (χ0n) is 49.3. The summed E-state index contributed by atoms with van der Waals surface area (Å²) in [7, 11) is 1.95. The van der Waals surface area contributed by atoms with E-state index in [9.17, 15) is 4.79 Å². The van der Waals surface area contributed by atoms with Gasteiger partial charge in [-0.25, -0.2) is 0 Å². The molecule has 0 bridgehead atoms. The molecular weight excluding hydrogens is 1030 g/mol. The molecule has 0 spiro atoms. The van der Waals surface area contributed by atoms with Crippen LogP contribution in [0.2, 0.25) is 0 Å². The Morgan fingerprint density at radius 3 is 1.32 bits per heavy atom. The Morgan fingerprint density at radius 1 is 0.459 bits per heavy atom. The van der Waals surface area contributed by atoms with E-state index in [0.29, 0.717) is 79.2 Å². The first-order valence-electron chi connectivity index (χ1n) is 30.8. The monoisotopic (exact) mass is 1150 g/mol. The summed E-state index contributed by atoms with van der Waals surface area (Å²) in [6.45, 7) is 17.8. The number of ether oxygens (including phenoxy) is 6. The number of nitrogens with two attached hydrogens (primary N) is 1. The molecule has 1 rings (SSSR count). The van der Waals surface area contributed by atoms with Gasteiger partial charge in [0, 0.05) is 59.1 Å². The normalized spacial score (nSPS) is 16.5. The van der Waals surface area contributed by atoms with E-state index in [2.05, 4.69) is 40.4 Å². The molecule has 74 heavy (non-hydrogen) atoms. The van der Waals surface area contributed by atoms with Crippen LogP contribution in [0.25, 0.3) is 10.6 Å². The van der Waals surface area contributed by atoms with Crippen molar-refractivity contribution in [2.75, 3.05) is 132 Å². The van der Waals surface area contributed by atoms with Crippen LogP contribution < -0.4 is 73.1 Å². The average molecular weight is 1150 g/mol. The predicted octanol–water partition coefficient (Wildman–Crippen LogP) is 10.3. The van der Waals surface area contributed by atoms with Crippen molar-refractivity contribution < 1.29 is 117 Å². The van der Waals surface area contributed by atoms with Gasteiger partial charge in [0.25, 0.3) is 0 Å². The van der Waals surface area contributed by atoms with Gasteiger partial charge in [-0.2, -0.15) is 0 Å². The maximum absolute atomic E-state index is 12.2. The summed E-state index contributed by atoms with van der Waals surface area (Å²) < 4.78 is 33.3. The van der Waals surface area contributed by atoms with Gasteiger partial charge in [0.15, 0.2) is 6.03 Å². The van der Waals surface area contributed by atoms with Crippen LogP contribution in [0.15, 0.2) is 0 Å². The van der Waals surface area contributed by atoms with Gasteiger partial charge < -0.3 is 60.7 Å². The number of hydrogen-bond donors (Lipinski definition) is 4. The molecule has 4 unspecified atom stereocenters. The molecule has 13 nitrogen and oxygen atoms in total. The van der Waals surface area contributed by atoms with Crippen molar-refractivity contribution >= 4 is 6.03 Å². The summed E-state index contributed by atoms with van der Waals surface area (Å²) in [6, 6.07) is -0.189. The largest absolute Gasteiger partial charge is 1.00 e. The first-order chi connectivity index (χ1) is 35.7. The van der Waals surface area contributed by atoms with E-state index >= 15 is 0 Å². The van der Waals surface area contributed by atoms with Crippen LogP contribution >= 0.6 is 0 Å². The fraction of sp³-hybridized carbons (Fsp3) is 0.983. The maximum Gasteiger partial charge on any atom is 1.00 e. The van der Waals surface area contributed by atoms with E-state index in [-0.39, 0.29) is 90.1 Å². The van der Waals surface area contributed by atoms with Crippen LogP contribution in [-0.2, 0) is 61.1 Å².